The van der Waals surface area contributed by atoms with E-state index in [0.717, 1.165) is 22.5 Å². The van der Waals surface area contributed by atoms with Crippen molar-refractivity contribution >= 4 is 5.97 Å². The van der Waals surface area contributed by atoms with E-state index in [0.29, 0.717) is 25.1 Å². The van der Waals surface area contributed by atoms with E-state index in [2.05, 4.69) is 13.8 Å². The standard InChI is InChI=1S/C23H25FN2O4/c1-14(2)22-19(10-9-18-12-17(27)13-21(28)30-18)23(15-5-7-16(24)8-6-15)26(25-22)20-4-3-11-29-20/h3-8,11,14,17-18,27H,9-10,12-13H2,1-2H3/t17-,18+/m1/s1. The molecule has 3 aromatic rings. The number of halogens is 1. The highest BCUT2D eigenvalue weighted by molar-refractivity contribution is 5.71. The first-order valence-corrected chi connectivity index (χ1v) is 10.2. The van der Waals surface area contributed by atoms with Gasteiger partial charge in [0.2, 0.25) is 5.88 Å². The molecule has 2 atom stereocenters. The Kier molecular flexibility index (Phi) is 5.72. The van der Waals surface area contributed by atoms with E-state index in [9.17, 15) is 14.3 Å². The Bertz CT molecular complexity index is 1010. The predicted molar refractivity (Wildman–Crippen MR) is 109 cm³/mol. The van der Waals surface area contributed by atoms with Crippen LogP contribution in [0, 0.1) is 5.82 Å². The monoisotopic (exact) mass is 412 g/mol. The average Bonchev–Trinajstić information content (AvgIpc) is 3.34. The van der Waals surface area contributed by atoms with Crippen molar-refractivity contribution in [2.45, 2.75) is 57.7 Å². The van der Waals surface area contributed by atoms with Gasteiger partial charge >= 0.3 is 5.97 Å². The summed E-state index contributed by atoms with van der Waals surface area (Å²) in [5, 5.41) is 14.7. The summed E-state index contributed by atoms with van der Waals surface area (Å²) in [6.45, 7) is 4.13. The van der Waals surface area contributed by atoms with E-state index >= 15 is 0 Å². The van der Waals surface area contributed by atoms with E-state index in [1.165, 1.54) is 12.1 Å². The largest absolute Gasteiger partial charge is 0.462 e. The molecule has 0 bridgehead atoms. The maximum Gasteiger partial charge on any atom is 0.308 e. The first kappa shape index (κ1) is 20.3. The van der Waals surface area contributed by atoms with Crippen LogP contribution in [0.5, 0.6) is 0 Å². The molecule has 0 radical (unpaired) electrons. The number of aliphatic hydroxyl groups excluding tert-OH is 1. The van der Waals surface area contributed by atoms with E-state index in [-0.39, 0.29) is 30.2 Å². The van der Waals surface area contributed by atoms with Crippen LogP contribution in [0.25, 0.3) is 17.1 Å². The minimum Gasteiger partial charge on any atom is -0.462 e. The molecule has 1 fully saturated rings. The lowest BCUT2D eigenvalue weighted by atomic mass is 9.93. The fourth-order valence-corrected chi connectivity index (χ4v) is 3.98. The van der Waals surface area contributed by atoms with E-state index in [4.69, 9.17) is 14.3 Å². The second-order valence-corrected chi connectivity index (χ2v) is 7.98. The molecular weight excluding hydrogens is 387 g/mol. The molecule has 7 heteroatoms. The van der Waals surface area contributed by atoms with Gasteiger partial charge in [0.05, 0.1) is 30.2 Å². The quantitative estimate of drug-likeness (QED) is 0.608. The van der Waals surface area contributed by atoms with Gasteiger partial charge in [-0.15, -0.1) is 0 Å². The van der Waals surface area contributed by atoms with Crippen LogP contribution in [0.1, 0.15) is 50.3 Å². The summed E-state index contributed by atoms with van der Waals surface area (Å²) in [5.74, 6) is 0.0429. The van der Waals surface area contributed by atoms with Gasteiger partial charge in [-0.1, -0.05) is 13.8 Å². The molecule has 6 nitrogen and oxygen atoms in total. The summed E-state index contributed by atoms with van der Waals surface area (Å²) >= 11 is 0. The molecule has 2 aromatic heterocycles. The fourth-order valence-electron chi connectivity index (χ4n) is 3.98. The average molecular weight is 412 g/mol. The SMILES string of the molecule is CC(C)c1nn(-c2ccco2)c(-c2ccc(F)cc2)c1CC[C@H]1C[C@@H](O)CC(=O)O1. The molecule has 158 valence electrons. The smallest absolute Gasteiger partial charge is 0.308 e. The van der Waals surface area contributed by atoms with E-state index < -0.39 is 6.10 Å². The molecule has 4 rings (SSSR count). The molecule has 1 N–H and O–H groups in total. The molecular formula is C23H25FN2O4. The van der Waals surface area contributed by atoms with Gasteiger partial charge in [0.25, 0.3) is 0 Å². The fraction of sp³-hybridized carbons (Fsp3) is 0.391. The second-order valence-electron chi connectivity index (χ2n) is 7.98. The minimum atomic E-state index is -0.664. The number of esters is 1. The van der Waals surface area contributed by atoms with Gasteiger partial charge in [-0.05, 0) is 49.1 Å². The summed E-state index contributed by atoms with van der Waals surface area (Å²) in [4.78, 5) is 11.7. The number of cyclic esters (lactones) is 1. The van der Waals surface area contributed by atoms with Crippen LogP contribution < -0.4 is 0 Å². The number of furan rings is 1. The third-order valence-corrected chi connectivity index (χ3v) is 5.35. The normalized spacial score (nSPS) is 19.3. The number of aromatic nitrogens is 2. The number of nitrogens with zero attached hydrogens (tertiary/aromatic N) is 2. The zero-order valence-corrected chi connectivity index (χ0v) is 17.0. The highest BCUT2D eigenvalue weighted by atomic mass is 19.1. The number of carbonyl (C=O) groups is 1. The Morgan fingerprint density at radius 3 is 2.67 bits per heavy atom. The number of hydrogen-bond donors (Lipinski definition) is 1. The lowest BCUT2D eigenvalue weighted by Gasteiger charge is -2.26. The maximum absolute atomic E-state index is 13.6. The summed E-state index contributed by atoms with van der Waals surface area (Å²) in [6.07, 6.45) is 2.23. The van der Waals surface area contributed by atoms with Gasteiger partial charge in [-0.2, -0.15) is 9.78 Å². The lowest BCUT2D eigenvalue weighted by molar-refractivity contribution is -0.160. The van der Waals surface area contributed by atoms with Gasteiger partial charge < -0.3 is 14.3 Å². The highest BCUT2D eigenvalue weighted by Crippen LogP contribution is 2.34. The molecule has 0 unspecified atom stereocenters. The molecule has 0 amide bonds. The third kappa shape index (κ3) is 4.16. The Labute approximate surface area is 174 Å². The molecule has 30 heavy (non-hydrogen) atoms. The minimum absolute atomic E-state index is 0.0466. The van der Waals surface area contributed by atoms with Gasteiger partial charge in [0.15, 0.2) is 0 Å². The molecule has 3 heterocycles. The molecule has 0 aliphatic carbocycles. The van der Waals surface area contributed by atoms with Crippen LogP contribution >= 0.6 is 0 Å². The number of rotatable bonds is 6. The number of aliphatic hydroxyl groups is 1. The Hall–Kier alpha value is -2.93. The van der Waals surface area contributed by atoms with Crippen molar-refractivity contribution in [1.82, 2.24) is 9.78 Å². The van der Waals surface area contributed by atoms with Crippen molar-refractivity contribution < 1.29 is 23.4 Å². The topological polar surface area (TPSA) is 77.5 Å². The molecule has 1 aliphatic rings. The summed E-state index contributed by atoms with van der Waals surface area (Å²) in [7, 11) is 0. The summed E-state index contributed by atoms with van der Waals surface area (Å²) in [5.41, 5.74) is 3.57. The lowest BCUT2D eigenvalue weighted by Crippen LogP contribution is -2.32. The van der Waals surface area contributed by atoms with Crippen LogP contribution in [0.2, 0.25) is 0 Å². The number of ether oxygens (including phenoxy) is 1. The van der Waals surface area contributed by atoms with E-state index in [1.54, 1.807) is 29.1 Å². The Morgan fingerprint density at radius 2 is 2.03 bits per heavy atom. The predicted octanol–water partition coefficient (Wildman–Crippen LogP) is 4.39. The zero-order chi connectivity index (χ0) is 21.3. The number of benzene rings is 1. The first-order valence-electron chi connectivity index (χ1n) is 10.2. The van der Waals surface area contributed by atoms with Gasteiger partial charge in [-0.3, -0.25) is 4.79 Å². The second kappa shape index (κ2) is 8.44. The molecule has 0 saturated carbocycles. The maximum atomic E-state index is 13.6. The van der Waals surface area contributed by atoms with Crippen LogP contribution in [0.4, 0.5) is 4.39 Å². The van der Waals surface area contributed by atoms with Crippen molar-refractivity contribution in [3.8, 4) is 17.1 Å². The molecule has 1 aliphatic heterocycles. The van der Waals surface area contributed by atoms with Gasteiger partial charge in [-0.25, -0.2) is 4.39 Å². The zero-order valence-electron chi connectivity index (χ0n) is 17.0. The van der Waals surface area contributed by atoms with Gasteiger partial charge in [0.1, 0.15) is 11.9 Å². The first-order chi connectivity index (χ1) is 14.4. The summed E-state index contributed by atoms with van der Waals surface area (Å²) in [6, 6.07) is 9.92. The highest BCUT2D eigenvalue weighted by Gasteiger charge is 2.29. The Morgan fingerprint density at radius 1 is 1.27 bits per heavy atom. The van der Waals surface area contributed by atoms with Gasteiger partial charge in [0, 0.05) is 23.6 Å². The van der Waals surface area contributed by atoms with Crippen molar-refractivity contribution in [2.75, 3.05) is 0 Å². The van der Waals surface area contributed by atoms with Crippen molar-refractivity contribution in [3.63, 3.8) is 0 Å². The number of hydrogen-bond acceptors (Lipinski definition) is 5. The van der Waals surface area contributed by atoms with Crippen molar-refractivity contribution in [1.29, 1.82) is 0 Å². The summed E-state index contributed by atoms with van der Waals surface area (Å²) < 4.78 is 26.3. The molecule has 0 spiro atoms. The number of carbonyl (C=O) groups excluding carboxylic acids is 1. The Balaban J connectivity index is 1.75. The van der Waals surface area contributed by atoms with Crippen LogP contribution in [-0.2, 0) is 16.0 Å². The van der Waals surface area contributed by atoms with Crippen LogP contribution in [0.15, 0.2) is 47.1 Å². The van der Waals surface area contributed by atoms with Crippen LogP contribution in [0.3, 0.4) is 0 Å². The van der Waals surface area contributed by atoms with Crippen LogP contribution in [-0.4, -0.2) is 33.1 Å². The van der Waals surface area contributed by atoms with E-state index in [1.807, 2.05) is 6.07 Å². The third-order valence-electron chi connectivity index (χ3n) is 5.35. The molecule has 1 aromatic carbocycles. The van der Waals surface area contributed by atoms with Crippen molar-refractivity contribution in [2.24, 2.45) is 0 Å². The van der Waals surface area contributed by atoms with Crippen molar-refractivity contribution in [3.05, 3.63) is 59.7 Å². The molecule has 1 saturated heterocycles.